The number of aromatic amines is 1. The van der Waals surface area contributed by atoms with Gasteiger partial charge in [-0.05, 0) is 35.9 Å². The second kappa shape index (κ2) is 5.68. The molecular weight excluding hydrogens is 310 g/mol. The van der Waals surface area contributed by atoms with Crippen LogP contribution in [0.15, 0.2) is 41.6 Å². The van der Waals surface area contributed by atoms with Gasteiger partial charge in [0.1, 0.15) is 0 Å². The van der Waals surface area contributed by atoms with Crippen molar-refractivity contribution in [2.75, 3.05) is 11.1 Å². The number of nitrogens with two attached hydrogens (primary N) is 1. The van der Waals surface area contributed by atoms with Gasteiger partial charge in [0.05, 0.1) is 17.3 Å². The molecule has 0 radical (unpaired) electrons. The molecule has 0 saturated carbocycles. The number of amides is 1. The van der Waals surface area contributed by atoms with E-state index >= 15 is 0 Å². The smallest absolute Gasteiger partial charge is 0.255 e. The van der Waals surface area contributed by atoms with Gasteiger partial charge in [-0.3, -0.25) is 9.89 Å². The number of aromatic nitrogens is 3. The van der Waals surface area contributed by atoms with E-state index in [1.54, 1.807) is 30.2 Å². The van der Waals surface area contributed by atoms with Crippen LogP contribution in [0.25, 0.3) is 11.0 Å². The number of thioether (sulfide) groups is 1. The number of rotatable bonds is 2. The summed E-state index contributed by atoms with van der Waals surface area (Å²) in [6, 6.07) is 7.53. The lowest BCUT2D eigenvalue weighted by Crippen LogP contribution is -2.17. The largest absolute Gasteiger partial charge is 0.324 e. The van der Waals surface area contributed by atoms with Gasteiger partial charge in [0.25, 0.3) is 5.91 Å². The molecule has 1 aromatic carbocycles. The summed E-state index contributed by atoms with van der Waals surface area (Å²) in [5.41, 5.74) is 9.20. The zero-order chi connectivity index (χ0) is 15.8. The first-order valence-electron chi connectivity index (χ1n) is 7.34. The average Bonchev–Trinajstić information content (AvgIpc) is 3.04. The molecule has 2 aromatic heterocycles. The van der Waals surface area contributed by atoms with Crippen LogP contribution in [0.4, 0.5) is 5.69 Å². The van der Waals surface area contributed by atoms with Crippen molar-refractivity contribution in [1.82, 2.24) is 15.2 Å². The van der Waals surface area contributed by atoms with Gasteiger partial charge in [-0.25, -0.2) is 4.98 Å². The summed E-state index contributed by atoms with van der Waals surface area (Å²) < 4.78 is 0. The molecule has 116 valence electrons. The third-order valence-corrected chi connectivity index (χ3v) is 5.07. The second-order valence-corrected chi connectivity index (χ2v) is 6.58. The van der Waals surface area contributed by atoms with Gasteiger partial charge in [0.15, 0.2) is 5.65 Å². The summed E-state index contributed by atoms with van der Waals surface area (Å²) in [4.78, 5) is 17.8. The SMILES string of the molecule is NC1CCSc2cc(C(=O)Nc3ccnc4[nH]ncc34)ccc21. The molecular formula is C16H15N5OS. The number of nitrogens with zero attached hydrogens (tertiary/aromatic N) is 2. The number of nitrogens with one attached hydrogen (secondary N) is 2. The highest BCUT2D eigenvalue weighted by Crippen LogP contribution is 2.35. The number of H-pyrrole nitrogens is 1. The van der Waals surface area contributed by atoms with Crippen LogP contribution in [0.5, 0.6) is 0 Å². The summed E-state index contributed by atoms with van der Waals surface area (Å²) in [6.45, 7) is 0. The topological polar surface area (TPSA) is 96.7 Å². The van der Waals surface area contributed by atoms with Crippen LogP contribution in [-0.4, -0.2) is 26.8 Å². The minimum absolute atomic E-state index is 0.0640. The van der Waals surface area contributed by atoms with Crippen molar-refractivity contribution < 1.29 is 4.79 Å². The highest BCUT2D eigenvalue weighted by Gasteiger charge is 2.19. The first-order chi connectivity index (χ1) is 11.2. The molecule has 0 saturated heterocycles. The van der Waals surface area contributed by atoms with E-state index in [2.05, 4.69) is 20.5 Å². The number of carbonyl (C=O) groups is 1. The van der Waals surface area contributed by atoms with Crippen LogP contribution in [0, 0.1) is 0 Å². The summed E-state index contributed by atoms with van der Waals surface area (Å²) in [5.74, 6) is 0.834. The van der Waals surface area contributed by atoms with Gasteiger partial charge in [-0.15, -0.1) is 11.8 Å². The Kier molecular flexibility index (Phi) is 3.51. The Labute approximate surface area is 136 Å². The van der Waals surface area contributed by atoms with Crippen molar-refractivity contribution in [1.29, 1.82) is 0 Å². The number of benzene rings is 1. The zero-order valence-corrected chi connectivity index (χ0v) is 13.1. The zero-order valence-electron chi connectivity index (χ0n) is 12.2. The number of hydrogen-bond donors (Lipinski definition) is 3. The third-order valence-electron chi connectivity index (χ3n) is 3.96. The van der Waals surface area contributed by atoms with Crippen molar-refractivity contribution in [3.63, 3.8) is 0 Å². The molecule has 3 aromatic rings. The average molecular weight is 325 g/mol. The molecule has 0 bridgehead atoms. The maximum atomic E-state index is 12.5. The lowest BCUT2D eigenvalue weighted by molar-refractivity contribution is 0.102. The number of carbonyl (C=O) groups excluding carboxylic acids is 1. The first kappa shape index (κ1) is 14.2. The van der Waals surface area contributed by atoms with Crippen molar-refractivity contribution in [3.8, 4) is 0 Å². The Morgan fingerprint density at radius 1 is 1.39 bits per heavy atom. The fourth-order valence-electron chi connectivity index (χ4n) is 2.71. The maximum Gasteiger partial charge on any atom is 0.255 e. The monoisotopic (exact) mass is 325 g/mol. The van der Waals surface area contributed by atoms with Crippen LogP contribution in [-0.2, 0) is 0 Å². The van der Waals surface area contributed by atoms with E-state index in [4.69, 9.17) is 5.73 Å². The Morgan fingerprint density at radius 2 is 2.30 bits per heavy atom. The maximum absolute atomic E-state index is 12.5. The molecule has 4 rings (SSSR count). The number of fused-ring (bicyclic) bond motifs is 2. The Bertz CT molecular complexity index is 891. The molecule has 0 spiro atoms. The van der Waals surface area contributed by atoms with Gasteiger partial charge >= 0.3 is 0 Å². The lowest BCUT2D eigenvalue weighted by Gasteiger charge is -2.22. The van der Waals surface area contributed by atoms with Crippen molar-refractivity contribution in [2.24, 2.45) is 5.73 Å². The molecule has 1 atom stereocenters. The third kappa shape index (κ3) is 2.58. The summed E-state index contributed by atoms with van der Waals surface area (Å²) in [6.07, 6.45) is 4.26. The quantitative estimate of drug-likeness (QED) is 0.673. The van der Waals surface area contributed by atoms with Gasteiger partial charge < -0.3 is 11.1 Å². The van der Waals surface area contributed by atoms with E-state index < -0.39 is 0 Å². The molecule has 4 N–H and O–H groups in total. The Balaban J connectivity index is 1.63. The molecule has 1 aliphatic rings. The lowest BCUT2D eigenvalue weighted by atomic mass is 10.0. The number of hydrogen-bond acceptors (Lipinski definition) is 5. The van der Waals surface area contributed by atoms with Crippen molar-refractivity contribution >= 4 is 34.4 Å². The molecule has 1 aliphatic heterocycles. The van der Waals surface area contributed by atoms with E-state index in [0.29, 0.717) is 16.9 Å². The second-order valence-electron chi connectivity index (χ2n) is 5.44. The van der Waals surface area contributed by atoms with Crippen LogP contribution in [0.3, 0.4) is 0 Å². The van der Waals surface area contributed by atoms with E-state index in [-0.39, 0.29) is 11.9 Å². The molecule has 7 heteroatoms. The normalized spacial score (nSPS) is 17.0. The minimum Gasteiger partial charge on any atom is -0.324 e. The van der Waals surface area contributed by atoms with Crippen LogP contribution in [0.1, 0.15) is 28.4 Å². The summed E-state index contributed by atoms with van der Waals surface area (Å²) in [7, 11) is 0. The van der Waals surface area contributed by atoms with Crippen LogP contribution >= 0.6 is 11.8 Å². The summed E-state index contributed by atoms with van der Waals surface area (Å²) >= 11 is 1.75. The standard InChI is InChI=1S/C16H15N5OS/c17-12-4-6-23-14-7-9(1-2-10(12)14)16(22)20-13-3-5-18-15-11(13)8-19-21-15/h1-3,5,7-8,12H,4,6,17H2,(H2,18,19,20,21,22). The fraction of sp³-hybridized carbons (Fsp3) is 0.188. The molecule has 3 heterocycles. The van der Waals surface area contributed by atoms with Crippen molar-refractivity contribution in [2.45, 2.75) is 17.4 Å². The van der Waals surface area contributed by atoms with Gasteiger partial charge in [0, 0.05) is 22.7 Å². The summed E-state index contributed by atoms with van der Waals surface area (Å²) in [5, 5.41) is 10.5. The molecule has 1 unspecified atom stereocenters. The predicted molar refractivity (Wildman–Crippen MR) is 90.6 cm³/mol. The minimum atomic E-state index is -0.152. The van der Waals surface area contributed by atoms with E-state index in [1.807, 2.05) is 18.2 Å². The van der Waals surface area contributed by atoms with E-state index in [1.165, 1.54) is 0 Å². The molecule has 6 nitrogen and oxygen atoms in total. The Hall–Kier alpha value is -2.38. The molecule has 1 amide bonds. The highest BCUT2D eigenvalue weighted by atomic mass is 32.2. The fourth-order valence-corrected chi connectivity index (χ4v) is 3.90. The molecule has 23 heavy (non-hydrogen) atoms. The number of anilines is 1. The van der Waals surface area contributed by atoms with Crippen LogP contribution in [0.2, 0.25) is 0 Å². The van der Waals surface area contributed by atoms with Crippen molar-refractivity contribution in [3.05, 3.63) is 47.8 Å². The molecule has 0 aliphatic carbocycles. The van der Waals surface area contributed by atoms with E-state index in [9.17, 15) is 4.79 Å². The van der Waals surface area contributed by atoms with Crippen LogP contribution < -0.4 is 11.1 Å². The van der Waals surface area contributed by atoms with Gasteiger partial charge in [0.2, 0.25) is 0 Å². The van der Waals surface area contributed by atoms with E-state index in [0.717, 1.165) is 28.0 Å². The van der Waals surface area contributed by atoms with Gasteiger partial charge in [-0.1, -0.05) is 6.07 Å². The predicted octanol–water partition coefficient (Wildman–Crippen LogP) is 2.71. The molecule has 0 fully saturated rings. The first-order valence-corrected chi connectivity index (χ1v) is 8.33. The number of pyridine rings is 1. The van der Waals surface area contributed by atoms with Gasteiger partial charge in [-0.2, -0.15) is 5.10 Å². The Morgan fingerprint density at radius 3 is 3.22 bits per heavy atom. The highest BCUT2D eigenvalue weighted by molar-refractivity contribution is 7.99.